The molecule has 0 aliphatic carbocycles. The van der Waals surface area contributed by atoms with E-state index in [1.165, 1.54) is 17.8 Å². The lowest BCUT2D eigenvalue weighted by molar-refractivity contribution is -0.115. The normalized spacial score (nSPS) is 12.0. The Morgan fingerprint density at radius 1 is 1.36 bits per heavy atom. The summed E-state index contributed by atoms with van der Waals surface area (Å²) < 4.78 is 0. The molecule has 0 aliphatic heterocycles. The molecule has 134 valence electrons. The van der Waals surface area contributed by atoms with Crippen molar-refractivity contribution >= 4 is 35.1 Å². The minimum atomic E-state index is -0.378. The Bertz CT molecular complexity index is 805. The van der Waals surface area contributed by atoms with Crippen LogP contribution in [0.25, 0.3) is 0 Å². The highest BCUT2D eigenvalue weighted by molar-refractivity contribution is 8.00. The van der Waals surface area contributed by atoms with Crippen LogP contribution in [0.15, 0.2) is 34.2 Å². The van der Waals surface area contributed by atoms with E-state index in [2.05, 4.69) is 22.2 Å². The van der Waals surface area contributed by atoms with Crippen molar-refractivity contribution < 1.29 is 4.79 Å². The van der Waals surface area contributed by atoms with E-state index in [0.29, 0.717) is 10.9 Å². The average Bonchev–Trinajstić information content (AvgIpc) is 2.56. The van der Waals surface area contributed by atoms with Crippen LogP contribution in [0.2, 0.25) is 0 Å². The lowest BCUT2D eigenvalue weighted by Crippen LogP contribution is -2.24. The zero-order valence-corrected chi connectivity index (χ0v) is 16.5. The molecule has 0 aliphatic rings. The molecule has 5 nitrogen and oxygen atoms in total. The molecule has 1 aromatic heterocycles. The van der Waals surface area contributed by atoms with Crippen molar-refractivity contribution in [1.29, 1.82) is 0 Å². The van der Waals surface area contributed by atoms with E-state index in [4.69, 9.17) is 0 Å². The van der Waals surface area contributed by atoms with Crippen molar-refractivity contribution in [2.24, 2.45) is 0 Å². The Hall–Kier alpha value is -1.73. The van der Waals surface area contributed by atoms with Crippen LogP contribution < -0.4 is 10.9 Å². The molecule has 2 rings (SSSR count). The number of rotatable bonds is 7. The van der Waals surface area contributed by atoms with E-state index in [0.717, 1.165) is 28.3 Å². The van der Waals surface area contributed by atoms with E-state index in [1.807, 2.05) is 32.0 Å². The summed E-state index contributed by atoms with van der Waals surface area (Å²) in [5.74, 6) is 1.54. The van der Waals surface area contributed by atoms with Crippen molar-refractivity contribution in [3.8, 4) is 0 Å². The van der Waals surface area contributed by atoms with Gasteiger partial charge >= 0.3 is 0 Å². The van der Waals surface area contributed by atoms with E-state index in [1.54, 1.807) is 18.7 Å². The maximum absolute atomic E-state index is 12.5. The number of hydrogen-bond donors (Lipinski definition) is 2. The van der Waals surface area contributed by atoms with Crippen LogP contribution in [-0.4, -0.2) is 26.9 Å². The molecule has 2 aromatic rings. The highest BCUT2D eigenvalue weighted by Gasteiger charge is 2.17. The van der Waals surface area contributed by atoms with Gasteiger partial charge in [-0.2, -0.15) is 11.8 Å². The minimum Gasteiger partial charge on any atom is -0.325 e. The first-order valence-electron chi connectivity index (χ1n) is 8.12. The molecular formula is C18H23N3O2S2. The highest BCUT2D eigenvalue weighted by Crippen LogP contribution is 2.23. The molecule has 7 heteroatoms. The molecule has 0 fully saturated rings. The van der Waals surface area contributed by atoms with E-state index in [9.17, 15) is 9.59 Å². The van der Waals surface area contributed by atoms with Crippen LogP contribution in [0, 0.1) is 13.8 Å². The summed E-state index contributed by atoms with van der Waals surface area (Å²) in [7, 11) is 0. The lowest BCUT2D eigenvalue weighted by atomic mass is 10.1. The largest absolute Gasteiger partial charge is 0.325 e. The molecule has 0 bridgehead atoms. The Balaban J connectivity index is 2.07. The number of benzene rings is 1. The van der Waals surface area contributed by atoms with Crippen molar-refractivity contribution in [1.82, 2.24) is 9.97 Å². The van der Waals surface area contributed by atoms with E-state index in [-0.39, 0.29) is 16.7 Å². The van der Waals surface area contributed by atoms with Gasteiger partial charge in [0.25, 0.3) is 5.56 Å². The number of aromatic amines is 1. The number of carbonyl (C=O) groups is 1. The molecule has 1 unspecified atom stereocenters. The van der Waals surface area contributed by atoms with Gasteiger partial charge < -0.3 is 10.3 Å². The van der Waals surface area contributed by atoms with Gasteiger partial charge in [0.15, 0.2) is 5.16 Å². The van der Waals surface area contributed by atoms with E-state index < -0.39 is 0 Å². The molecule has 1 heterocycles. The maximum Gasteiger partial charge on any atom is 0.251 e. The van der Waals surface area contributed by atoms with Crippen LogP contribution in [0.3, 0.4) is 0 Å². The fourth-order valence-corrected chi connectivity index (χ4v) is 3.55. The quantitative estimate of drug-likeness (QED) is 0.568. The fourth-order valence-electron chi connectivity index (χ4n) is 2.16. The van der Waals surface area contributed by atoms with Crippen LogP contribution in [0.1, 0.15) is 30.7 Å². The molecular weight excluding hydrogens is 354 g/mol. The van der Waals surface area contributed by atoms with Gasteiger partial charge in [-0.3, -0.25) is 9.59 Å². The number of H-pyrrole nitrogens is 1. The summed E-state index contributed by atoms with van der Waals surface area (Å²) in [5.41, 5.74) is 3.54. The number of nitrogens with one attached hydrogen (secondary N) is 2. The molecule has 1 aromatic carbocycles. The molecule has 2 N–H and O–H groups in total. The van der Waals surface area contributed by atoms with Gasteiger partial charge in [-0.05, 0) is 43.7 Å². The highest BCUT2D eigenvalue weighted by atomic mass is 32.2. The SMILES string of the molecule is CCSCc1cc(=O)[nH]c(SC(C)C(=O)Nc2cccc(C)c2C)n1. The maximum atomic E-state index is 12.5. The zero-order valence-electron chi connectivity index (χ0n) is 14.9. The number of thioether (sulfide) groups is 2. The average molecular weight is 378 g/mol. The summed E-state index contributed by atoms with van der Waals surface area (Å²) in [6.45, 7) is 7.86. The minimum absolute atomic E-state index is 0.116. The molecule has 0 spiro atoms. The number of anilines is 1. The van der Waals surface area contributed by atoms with Gasteiger partial charge in [-0.25, -0.2) is 4.98 Å². The first kappa shape index (κ1) is 19.6. The first-order valence-corrected chi connectivity index (χ1v) is 10.2. The van der Waals surface area contributed by atoms with Crippen molar-refractivity contribution in [3.05, 3.63) is 51.4 Å². The fraction of sp³-hybridized carbons (Fsp3) is 0.389. The second-order valence-electron chi connectivity index (χ2n) is 5.68. The number of hydrogen-bond acceptors (Lipinski definition) is 5. The molecule has 1 atom stereocenters. The second kappa shape index (κ2) is 9.10. The van der Waals surface area contributed by atoms with Gasteiger partial charge in [0.1, 0.15) is 0 Å². The van der Waals surface area contributed by atoms with Crippen LogP contribution in [0.5, 0.6) is 0 Å². The summed E-state index contributed by atoms with van der Waals surface area (Å²) in [6.07, 6.45) is 0. The van der Waals surface area contributed by atoms with Crippen molar-refractivity contribution in [2.75, 3.05) is 11.1 Å². The third-order valence-electron chi connectivity index (χ3n) is 3.75. The van der Waals surface area contributed by atoms with Gasteiger partial charge in [0, 0.05) is 17.5 Å². The monoisotopic (exact) mass is 377 g/mol. The third kappa shape index (κ3) is 5.64. The summed E-state index contributed by atoms with van der Waals surface area (Å²) in [6, 6.07) is 7.33. The Labute approximate surface area is 156 Å². The summed E-state index contributed by atoms with van der Waals surface area (Å²) >= 11 is 2.96. The second-order valence-corrected chi connectivity index (χ2v) is 8.28. The lowest BCUT2D eigenvalue weighted by Gasteiger charge is -2.14. The molecule has 0 saturated heterocycles. The Kier molecular flexibility index (Phi) is 7.13. The number of carbonyl (C=O) groups excluding carboxylic acids is 1. The smallest absolute Gasteiger partial charge is 0.251 e. The van der Waals surface area contributed by atoms with Gasteiger partial charge in [0.05, 0.1) is 10.9 Å². The Morgan fingerprint density at radius 3 is 2.84 bits per heavy atom. The molecule has 0 radical (unpaired) electrons. The predicted octanol–water partition coefficient (Wildman–Crippen LogP) is 3.76. The standard InChI is InChI=1S/C18H23N3O2S2/c1-5-24-10-14-9-16(22)21-18(19-14)25-13(4)17(23)20-15-8-6-7-11(2)12(15)3/h6-9,13H,5,10H2,1-4H3,(H,20,23)(H,19,21,22). The van der Waals surface area contributed by atoms with Crippen molar-refractivity contribution in [2.45, 2.75) is 43.9 Å². The van der Waals surface area contributed by atoms with E-state index >= 15 is 0 Å². The topological polar surface area (TPSA) is 74.8 Å². The summed E-state index contributed by atoms with van der Waals surface area (Å²) in [4.78, 5) is 31.4. The van der Waals surface area contributed by atoms with Gasteiger partial charge in [-0.15, -0.1) is 0 Å². The molecule has 25 heavy (non-hydrogen) atoms. The van der Waals surface area contributed by atoms with Crippen LogP contribution >= 0.6 is 23.5 Å². The Morgan fingerprint density at radius 2 is 2.12 bits per heavy atom. The predicted molar refractivity (Wildman–Crippen MR) is 107 cm³/mol. The number of nitrogens with zero attached hydrogens (tertiary/aromatic N) is 1. The summed E-state index contributed by atoms with van der Waals surface area (Å²) in [5, 5.41) is 3.05. The number of aryl methyl sites for hydroxylation is 1. The van der Waals surface area contributed by atoms with Gasteiger partial charge in [0.2, 0.25) is 5.91 Å². The van der Waals surface area contributed by atoms with Gasteiger partial charge in [-0.1, -0.05) is 30.8 Å². The van der Waals surface area contributed by atoms with Crippen LogP contribution in [0.4, 0.5) is 5.69 Å². The number of amides is 1. The first-order chi connectivity index (χ1) is 11.9. The molecule has 0 saturated carbocycles. The number of aromatic nitrogens is 2. The molecule has 1 amide bonds. The van der Waals surface area contributed by atoms with Crippen molar-refractivity contribution in [3.63, 3.8) is 0 Å². The third-order valence-corrected chi connectivity index (χ3v) is 5.64. The zero-order chi connectivity index (χ0) is 18.4. The van der Waals surface area contributed by atoms with Crippen LogP contribution in [-0.2, 0) is 10.5 Å².